The Hall–Kier alpha value is -3.96. The molecule has 0 unspecified atom stereocenters. The molecular weight excluding hydrogens is 576 g/mol. The highest BCUT2D eigenvalue weighted by Gasteiger charge is 2.18. The molecule has 3 heterocycles. The van der Waals surface area contributed by atoms with Crippen molar-refractivity contribution < 1.29 is 23.7 Å². The fourth-order valence-electron chi connectivity index (χ4n) is 5.25. The Labute approximate surface area is 262 Å². The molecule has 2 aliphatic heterocycles. The van der Waals surface area contributed by atoms with E-state index in [0.717, 1.165) is 78.2 Å². The van der Waals surface area contributed by atoms with Crippen LogP contribution in [0.4, 0.5) is 0 Å². The average Bonchev–Trinajstić information content (AvgIpc) is 3.73. The topological polar surface area (TPSA) is 85.4 Å². The smallest absolute Gasteiger partial charge is 0.270 e. The van der Waals surface area contributed by atoms with Gasteiger partial charge in [-0.15, -0.1) is 11.3 Å². The number of carbonyl (C=O) groups is 1. The van der Waals surface area contributed by atoms with E-state index in [2.05, 4.69) is 45.4 Å². The summed E-state index contributed by atoms with van der Waals surface area (Å²) in [5, 5.41) is 5.78. The molecule has 44 heavy (non-hydrogen) atoms. The Kier molecular flexibility index (Phi) is 10.4. The van der Waals surface area contributed by atoms with E-state index in [1.165, 1.54) is 11.3 Å². The Morgan fingerprint density at radius 3 is 2.52 bits per heavy atom. The van der Waals surface area contributed by atoms with Crippen LogP contribution < -0.4 is 19.5 Å². The largest absolute Gasteiger partial charge is 0.489 e. The maximum absolute atomic E-state index is 12.8. The first-order chi connectivity index (χ1) is 21.7. The van der Waals surface area contributed by atoms with Gasteiger partial charge in [0.15, 0.2) is 11.5 Å². The number of thiazole rings is 1. The molecule has 3 aromatic carbocycles. The minimum atomic E-state index is -0.122. The summed E-state index contributed by atoms with van der Waals surface area (Å²) in [5.74, 6) is 2.25. The second-order valence-electron chi connectivity index (χ2n) is 10.9. The standard InChI is InChI=1S/C34H38N4O5S/c39-34(35-13-4-14-37-15-17-40-18-16-37)30-24-44-33(36-30)22-38(21-28-9-12-31-32(19-28)43-25-42-31)20-26-7-10-29(11-8-26)41-23-27-5-2-1-3-6-27/h1-3,5-12,19,24H,4,13-18,20-23,25H2,(H,35,39). The fourth-order valence-corrected chi connectivity index (χ4v) is 6.07. The Morgan fingerprint density at radius 1 is 0.909 bits per heavy atom. The zero-order chi connectivity index (χ0) is 30.0. The first-order valence-corrected chi connectivity index (χ1v) is 16.0. The van der Waals surface area contributed by atoms with Gasteiger partial charge in [-0.3, -0.25) is 14.6 Å². The minimum absolute atomic E-state index is 0.122. The zero-order valence-corrected chi connectivity index (χ0v) is 25.6. The molecular formula is C34H38N4O5S. The number of nitrogens with zero attached hydrogens (tertiary/aromatic N) is 3. The number of hydrogen-bond donors (Lipinski definition) is 1. The molecule has 0 aliphatic carbocycles. The molecule has 10 heteroatoms. The van der Waals surface area contributed by atoms with Crippen molar-refractivity contribution in [3.63, 3.8) is 0 Å². The van der Waals surface area contributed by atoms with Crippen LogP contribution in [-0.4, -0.2) is 66.9 Å². The van der Waals surface area contributed by atoms with E-state index < -0.39 is 0 Å². The lowest BCUT2D eigenvalue weighted by molar-refractivity contribution is 0.0374. The van der Waals surface area contributed by atoms with Crippen LogP contribution in [0.3, 0.4) is 0 Å². The van der Waals surface area contributed by atoms with Crippen molar-refractivity contribution in [2.24, 2.45) is 0 Å². The van der Waals surface area contributed by atoms with Crippen LogP contribution in [0, 0.1) is 0 Å². The minimum Gasteiger partial charge on any atom is -0.489 e. The number of benzene rings is 3. The molecule has 1 aromatic heterocycles. The molecule has 2 aliphatic rings. The van der Waals surface area contributed by atoms with Gasteiger partial charge in [0.25, 0.3) is 5.91 Å². The number of nitrogens with one attached hydrogen (secondary N) is 1. The van der Waals surface area contributed by atoms with E-state index in [4.69, 9.17) is 23.9 Å². The maximum Gasteiger partial charge on any atom is 0.270 e. The molecule has 0 atom stereocenters. The van der Waals surface area contributed by atoms with Gasteiger partial charge < -0.3 is 24.3 Å². The van der Waals surface area contributed by atoms with E-state index in [1.807, 2.05) is 47.8 Å². The second-order valence-corrected chi connectivity index (χ2v) is 11.9. The van der Waals surface area contributed by atoms with Crippen LogP contribution in [0.15, 0.2) is 78.2 Å². The summed E-state index contributed by atoms with van der Waals surface area (Å²) < 4.78 is 22.5. The van der Waals surface area contributed by atoms with Crippen LogP contribution >= 0.6 is 11.3 Å². The van der Waals surface area contributed by atoms with Gasteiger partial charge in [0, 0.05) is 38.1 Å². The van der Waals surface area contributed by atoms with Gasteiger partial charge in [-0.1, -0.05) is 48.5 Å². The molecule has 0 saturated carbocycles. The number of carbonyl (C=O) groups excluding carboxylic acids is 1. The third-order valence-corrected chi connectivity index (χ3v) is 8.44. The van der Waals surface area contributed by atoms with Crippen LogP contribution in [0.2, 0.25) is 0 Å². The number of hydrogen-bond acceptors (Lipinski definition) is 9. The monoisotopic (exact) mass is 614 g/mol. The summed E-state index contributed by atoms with van der Waals surface area (Å²) in [6, 6.07) is 24.4. The molecule has 1 amide bonds. The highest BCUT2D eigenvalue weighted by Crippen LogP contribution is 2.33. The molecule has 0 spiro atoms. The highest BCUT2D eigenvalue weighted by molar-refractivity contribution is 7.09. The van der Waals surface area contributed by atoms with E-state index in [-0.39, 0.29) is 12.7 Å². The van der Waals surface area contributed by atoms with Gasteiger partial charge in [-0.25, -0.2) is 4.98 Å². The Balaban J connectivity index is 1.06. The summed E-state index contributed by atoms with van der Waals surface area (Å²) in [7, 11) is 0. The van der Waals surface area contributed by atoms with Crippen LogP contribution in [0.1, 0.15) is 38.6 Å². The number of morpholine rings is 1. The lowest BCUT2D eigenvalue weighted by atomic mass is 10.1. The molecule has 1 fully saturated rings. The summed E-state index contributed by atoms with van der Waals surface area (Å²) in [5.41, 5.74) is 3.88. The molecule has 9 nitrogen and oxygen atoms in total. The Morgan fingerprint density at radius 2 is 1.68 bits per heavy atom. The van der Waals surface area contributed by atoms with Gasteiger partial charge in [0.05, 0.1) is 19.8 Å². The SMILES string of the molecule is O=C(NCCCN1CCOCC1)c1csc(CN(Cc2ccc(OCc3ccccc3)cc2)Cc2ccc3c(c2)OCO3)n1. The number of rotatable bonds is 14. The first kappa shape index (κ1) is 30.1. The fraction of sp³-hybridized carbons (Fsp3) is 0.353. The molecule has 230 valence electrons. The van der Waals surface area contributed by atoms with Crippen molar-refractivity contribution in [1.29, 1.82) is 0 Å². The van der Waals surface area contributed by atoms with Crippen molar-refractivity contribution in [2.75, 3.05) is 46.2 Å². The molecule has 6 rings (SSSR count). The Bertz CT molecular complexity index is 1490. The normalized spacial score (nSPS) is 14.6. The van der Waals surface area contributed by atoms with E-state index in [1.54, 1.807) is 0 Å². The van der Waals surface area contributed by atoms with Gasteiger partial charge in [0.1, 0.15) is 23.1 Å². The molecule has 0 bridgehead atoms. The number of amides is 1. The van der Waals surface area contributed by atoms with Gasteiger partial charge in [-0.2, -0.15) is 0 Å². The summed E-state index contributed by atoms with van der Waals surface area (Å²) in [6.07, 6.45) is 0.905. The molecule has 4 aromatic rings. The van der Waals surface area contributed by atoms with Crippen molar-refractivity contribution in [2.45, 2.75) is 32.7 Å². The summed E-state index contributed by atoms with van der Waals surface area (Å²) >= 11 is 1.52. The number of fused-ring (bicyclic) bond motifs is 1. The summed E-state index contributed by atoms with van der Waals surface area (Å²) in [4.78, 5) is 22.2. The predicted molar refractivity (Wildman–Crippen MR) is 169 cm³/mol. The van der Waals surface area contributed by atoms with Crippen molar-refractivity contribution in [3.05, 3.63) is 106 Å². The lowest BCUT2D eigenvalue weighted by Gasteiger charge is -2.26. The van der Waals surface area contributed by atoms with Crippen LogP contribution in [0.5, 0.6) is 17.2 Å². The predicted octanol–water partition coefficient (Wildman–Crippen LogP) is 5.11. The quantitative estimate of drug-likeness (QED) is 0.196. The number of ether oxygens (including phenoxy) is 4. The molecule has 1 saturated heterocycles. The van der Waals surface area contributed by atoms with Crippen LogP contribution in [0.25, 0.3) is 0 Å². The first-order valence-electron chi connectivity index (χ1n) is 15.1. The third-order valence-electron chi connectivity index (χ3n) is 7.60. The van der Waals surface area contributed by atoms with Crippen molar-refractivity contribution >= 4 is 17.2 Å². The number of aromatic nitrogens is 1. The second kappa shape index (κ2) is 15.2. The zero-order valence-electron chi connectivity index (χ0n) is 24.8. The van der Waals surface area contributed by atoms with Gasteiger partial charge in [0.2, 0.25) is 6.79 Å². The van der Waals surface area contributed by atoms with E-state index in [9.17, 15) is 4.79 Å². The van der Waals surface area contributed by atoms with Gasteiger partial charge in [-0.05, 0) is 53.9 Å². The highest BCUT2D eigenvalue weighted by atomic mass is 32.1. The van der Waals surface area contributed by atoms with E-state index in [0.29, 0.717) is 38.5 Å². The van der Waals surface area contributed by atoms with E-state index >= 15 is 0 Å². The van der Waals surface area contributed by atoms with Crippen molar-refractivity contribution in [3.8, 4) is 17.2 Å². The van der Waals surface area contributed by atoms with Gasteiger partial charge >= 0.3 is 0 Å². The van der Waals surface area contributed by atoms with Crippen LogP contribution in [-0.2, 0) is 31.0 Å². The maximum atomic E-state index is 12.8. The average molecular weight is 615 g/mol. The molecule has 1 N–H and O–H groups in total. The lowest BCUT2D eigenvalue weighted by Crippen LogP contribution is -2.38. The molecule has 0 radical (unpaired) electrons. The van der Waals surface area contributed by atoms with Crippen molar-refractivity contribution in [1.82, 2.24) is 20.1 Å². The third kappa shape index (κ3) is 8.57. The summed E-state index contributed by atoms with van der Waals surface area (Å²) in [6.45, 7) is 7.85.